The van der Waals surface area contributed by atoms with Gasteiger partial charge in [0, 0.05) is 6.61 Å². The second kappa shape index (κ2) is 21.4. The van der Waals surface area contributed by atoms with Crippen molar-refractivity contribution in [3.05, 3.63) is 24.3 Å². The quantitative estimate of drug-likeness (QED) is 0.206. The maximum atomic E-state index is 8.70. The Morgan fingerprint density at radius 2 is 0.957 bits per heavy atom. The first kappa shape index (κ1) is 22.4. The lowest BCUT2D eigenvalue weighted by molar-refractivity contribution is 0.282. The van der Waals surface area contributed by atoms with Gasteiger partial charge in [-0.25, -0.2) is 0 Å². The predicted octanol–water partition coefficient (Wildman–Crippen LogP) is 7.35. The highest BCUT2D eigenvalue weighted by molar-refractivity contribution is 4.92. The normalized spacial score (nSPS) is 11.9. The van der Waals surface area contributed by atoms with Gasteiger partial charge in [0.25, 0.3) is 0 Å². The van der Waals surface area contributed by atoms with Crippen LogP contribution in [0.2, 0.25) is 0 Å². The summed E-state index contributed by atoms with van der Waals surface area (Å²) in [6.45, 7) is 2.62. The molecule has 0 aromatic carbocycles. The highest BCUT2D eigenvalue weighted by Crippen LogP contribution is 2.11. The summed E-state index contributed by atoms with van der Waals surface area (Å²) < 4.78 is 0. The topological polar surface area (TPSA) is 20.2 Å². The van der Waals surface area contributed by atoms with Gasteiger partial charge < -0.3 is 5.11 Å². The Morgan fingerprint density at radius 3 is 1.43 bits per heavy atom. The summed E-state index contributed by atoms with van der Waals surface area (Å²) in [5.41, 5.74) is 0. The maximum Gasteiger partial charge on any atom is 0.0431 e. The van der Waals surface area contributed by atoms with Crippen LogP contribution in [0.25, 0.3) is 0 Å². The average Bonchev–Trinajstić information content (AvgIpc) is 2.57. The van der Waals surface area contributed by atoms with Crippen molar-refractivity contribution >= 4 is 0 Å². The zero-order valence-electron chi connectivity index (χ0n) is 15.8. The molecule has 136 valence electrons. The summed E-state index contributed by atoms with van der Waals surface area (Å²) in [6.07, 6.45) is 30.2. The zero-order chi connectivity index (χ0) is 16.8. The number of aliphatic hydroxyl groups is 1. The van der Waals surface area contributed by atoms with E-state index in [0.717, 1.165) is 12.8 Å². The summed E-state index contributed by atoms with van der Waals surface area (Å²) in [4.78, 5) is 0. The molecule has 0 saturated heterocycles. The molecule has 0 rings (SSSR count). The van der Waals surface area contributed by atoms with Crippen LogP contribution in [-0.4, -0.2) is 11.7 Å². The molecule has 0 radical (unpaired) electrons. The largest absolute Gasteiger partial charge is 0.396 e. The molecule has 1 nitrogen and oxygen atoms in total. The van der Waals surface area contributed by atoms with E-state index in [9.17, 15) is 0 Å². The first-order chi connectivity index (χ1) is 11.4. The van der Waals surface area contributed by atoms with Crippen LogP contribution < -0.4 is 0 Å². The van der Waals surface area contributed by atoms with E-state index < -0.39 is 0 Å². The van der Waals surface area contributed by atoms with Gasteiger partial charge in [0.05, 0.1) is 0 Å². The molecule has 0 spiro atoms. The van der Waals surface area contributed by atoms with E-state index in [1.807, 2.05) is 0 Å². The van der Waals surface area contributed by atoms with Gasteiger partial charge in [0.1, 0.15) is 0 Å². The van der Waals surface area contributed by atoms with E-state index in [1.165, 1.54) is 89.9 Å². The molecule has 0 atom stereocenters. The van der Waals surface area contributed by atoms with Crippen LogP contribution in [0, 0.1) is 0 Å². The minimum Gasteiger partial charge on any atom is -0.396 e. The van der Waals surface area contributed by atoms with Crippen LogP contribution in [0.1, 0.15) is 110 Å². The Morgan fingerprint density at radius 1 is 0.522 bits per heavy atom. The van der Waals surface area contributed by atoms with Gasteiger partial charge in [-0.15, -0.1) is 0 Å². The SMILES string of the molecule is CCCCCC=CCC=CCCCCCCCCCCCCO. The van der Waals surface area contributed by atoms with E-state index >= 15 is 0 Å². The molecular formula is C22H42O. The third-order valence-corrected chi connectivity index (χ3v) is 4.36. The lowest BCUT2D eigenvalue weighted by Crippen LogP contribution is -1.84. The smallest absolute Gasteiger partial charge is 0.0431 e. The highest BCUT2D eigenvalue weighted by Gasteiger charge is 1.92. The fourth-order valence-corrected chi connectivity index (χ4v) is 2.81. The first-order valence-corrected chi connectivity index (χ1v) is 10.3. The van der Waals surface area contributed by atoms with Crippen molar-refractivity contribution in [3.63, 3.8) is 0 Å². The summed E-state index contributed by atoms with van der Waals surface area (Å²) in [7, 11) is 0. The molecule has 0 amide bonds. The molecule has 0 fully saturated rings. The standard InChI is InChI=1S/C22H42O/c1-2-3-4-5-6-7-8-9-10-11-12-13-14-15-16-17-18-19-20-21-22-23/h6-7,9-10,23H,2-5,8,11-22H2,1H3. The number of hydrogen-bond acceptors (Lipinski definition) is 1. The zero-order valence-corrected chi connectivity index (χ0v) is 15.8. The number of rotatable bonds is 18. The van der Waals surface area contributed by atoms with Crippen LogP contribution in [0.3, 0.4) is 0 Å². The van der Waals surface area contributed by atoms with Crippen molar-refractivity contribution in [3.8, 4) is 0 Å². The predicted molar refractivity (Wildman–Crippen MR) is 105 cm³/mol. The second-order valence-corrected chi connectivity index (χ2v) is 6.72. The summed E-state index contributed by atoms with van der Waals surface area (Å²) in [6, 6.07) is 0. The van der Waals surface area contributed by atoms with Crippen LogP contribution >= 0.6 is 0 Å². The van der Waals surface area contributed by atoms with E-state index in [1.54, 1.807) is 0 Å². The van der Waals surface area contributed by atoms with Crippen LogP contribution in [0.5, 0.6) is 0 Å². The third-order valence-electron chi connectivity index (χ3n) is 4.36. The maximum absolute atomic E-state index is 8.70. The summed E-state index contributed by atoms with van der Waals surface area (Å²) in [5, 5.41) is 8.70. The molecule has 0 unspecified atom stereocenters. The van der Waals surface area contributed by atoms with Gasteiger partial charge >= 0.3 is 0 Å². The molecule has 23 heavy (non-hydrogen) atoms. The minimum atomic E-state index is 0.365. The van der Waals surface area contributed by atoms with Crippen molar-refractivity contribution in [1.82, 2.24) is 0 Å². The highest BCUT2D eigenvalue weighted by atomic mass is 16.2. The van der Waals surface area contributed by atoms with E-state index in [-0.39, 0.29) is 0 Å². The Labute approximate surface area is 146 Å². The fraction of sp³-hybridized carbons (Fsp3) is 0.818. The van der Waals surface area contributed by atoms with E-state index in [0.29, 0.717) is 6.61 Å². The van der Waals surface area contributed by atoms with Crippen molar-refractivity contribution in [1.29, 1.82) is 0 Å². The van der Waals surface area contributed by atoms with Gasteiger partial charge in [-0.05, 0) is 38.5 Å². The number of aliphatic hydroxyl groups excluding tert-OH is 1. The third kappa shape index (κ3) is 21.4. The average molecular weight is 323 g/mol. The lowest BCUT2D eigenvalue weighted by atomic mass is 10.1. The lowest BCUT2D eigenvalue weighted by Gasteiger charge is -2.01. The fourth-order valence-electron chi connectivity index (χ4n) is 2.81. The molecule has 1 N–H and O–H groups in total. The first-order valence-electron chi connectivity index (χ1n) is 10.3. The molecular weight excluding hydrogens is 280 g/mol. The summed E-state index contributed by atoms with van der Waals surface area (Å²) in [5.74, 6) is 0. The van der Waals surface area contributed by atoms with E-state index in [4.69, 9.17) is 5.11 Å². The van der Waals surface area contributed by atoms with Gasteiger partial charge in [0.2, 0.25) is 0 Å². The molecule has 0 aromatic heterocycles. The number of unbranched alkanes of at least 4 members (excludes halogenated alkanes) is 13. The van der Waals surface area contributed by atoms with Crippen LogP contribution in [0.15, 0.2) is 24.3 Å². The van der Waals surface area contributed by atoms with Crippen molar-refractivity contribution in [2.45, 2.75) is 110 Å². The van der Waals surface area contributed by atoms with Gasteiger partial charge in [-0.1, -0.05) is 95.4 Å². The Hall–Kier alpha value is -0.560. The second-order valence-electron chi connectivity index (χ2n) is 6.72. The molecule has 0 saturated carbocycles. The molecule has 0 bridgehead atoms. The molecule has 1 heteroatoms. The van der Waals surface area contributed by atoms with Crippen molar-refractivity contribution in [2.24, 2.45) is 0 Å². The molecule has 0 aliphatic heterocycles. The van der Waals surface area contributed by atoms with Crippen LogP contribution in [-0.2, 0) is 0 Å². The van der Waals surface area contributed by atoms with Crippen LogP contribution in [0.4, 0.5) is 0 Å². The molecule has 0 heterocycles. The number of allylic oxidation sites excluding steroid dienone is 4. The minimum absolute atomic E-state index is 0.365. The van der Waals surface area contributed by atoms with Gasteiger partial charge in [-0.2, -0.15) is 0 Å². The summed E-state index contributed by atoms with van der Waals surface area (Å²) >= 11 is 0. The molecule has 0 aliphatic carbocycles. The molecule has 0 aliphatic rings. The Balaban J connectivity index is 3.10. The van der Waals surface area contributed by atoms with Crippen molar-refractivity contribution < 1.29 is 5.11 Å². The monoisotopic (exact) mass is 322 g/mol. The van der Waals surface area contributed by atoms with E-state index in [2.05, 4.69) is 31.2 Å². The Bertz CT molecular complexity index is 255. The van der Waals surface area contributed by atoms with Gasteiger partial charge in [-0.3, -0.25) is 0 Å². The Kier molecular flexibility index (Phi) is 20.9. The van der Waals surface area contributed by atoms with Crippen molar-refractivity contribution in [2.75, 3.05) is 6.61 Å². The molecule has 0 aromatic rings. The van der Waals surface area contributed by atoms with Gasteiger partial charge in [0.15, 0.2) is 0 Å². The number of hydrogen-bond donors (Lipinski definition) is 1.